The zero-order valence-electron chi connectivity index (χ0n) is 15.0. The van der Waals surface area contributed by atoms with Gasteiger partial charge in [0.25, 0.3) is 11.8 Å². The summed E-state index contributed by atoms with van der Waals surface area (Å²) in [5.74, 6) is -0.0699. The molecule has 0 radical (unpaired) electrons. The lowest BCUT2D eigenvalue weighted by atomic mass is 10.1. The van der Waals surface area contributed by atoms with Crippen LogP contribution in [-0.4, -0.2) is 45.4 Å². The molecule has 0 aliphatic carbocycles. The molecule has 1 aliphatic heterocycles. The van der Waals surface area contributed by atoms with Gasteiger partial charge in [-0.05, 0) is 31.5 Å². The predicted octanol–water partition coefficient (Wildman–Crippen LogP) is 2.46. The summed E-state index contributed by atoms with van der Waals surface area (Å²) in [5, 5.41) is 4.10. The zero-order valence-corrected chi connectivity index (χ0v) is 15.0. The third kappa shape index (κ3) is 2.77. The Morgan fingerprint density at radius 3 is 2.81 bits per heavy atom. The Morgan fingerprint density at radius 1 is 1.19 bits per heavy atom. The van der Waals surface area contributed by atoms with Gasteiger partial charge in [0, 0.05) is 49.7 Å². The number of carbonyl (C=O) groups is 2. The molecule has 3 aromatic rings. The second-order valence-electron chi connectivity index (χ2n) is 6.90. The molecule has 6 heteroatoms. The highest BCUT2D eigenvalue weighted by Gasteiger charge is 2.29. The van der Waals surface area contributed by atoms with Gasteiger partial charge in [-0.3, -0.25) is 9.59 Å². The van der Waals surface area contributed by atoms with Crippen molar-refractivity contribution >= 4 is 22.7 Å². The largest absolute Gasteiger partial charge is 0.365 e. The molecule has 1 saturated heterocycles. The number of para-hydroxylation sites is 1. The van der Waals surface area contributed by atoms with E-state index in [0.717, 1.165) is 23.0 Å². The van der Waals surface area contributed by atoms with Gasteiger partial charge >= 0.3 is 0 Å². The van der Waals surface area contributed by atoms with Gasteiger partial charge in [0.05, 0.1) is 16.6 Å². The van der Waals surface area contributed by atoms with Crippen LogP contribution >= 0.6 is 0 Å². The summed E-state index contributed by atoms with van der Waals surface area (Å²) in [4.78, 5) is 30.2. The number of likely N-dealkylation sites (tertiary alicyclic amines) is 1. The lowest BCUT2D eigenvalue weighted by Gasteiger charge is -2.18. The molecule has 0 bridgehead atoms. The first-order chi connectivity index (χ1) is 12.5. The quantitative estimate of drug-likeness (QED) is 0.762. The highest BCUT2D eigenvalue weighted by atomic mass is 16.2. The number of benzene rings is 1. The Labute approximate surface area is 151 Å². The van der Waals surface area contributed by atoms with E-state index in [1.165, 1.54) is 0 Å². The monoisotopic (exact) mass is 350 g/mol. The van der Waals surface area contributed by atoms with E-state index in [9.17, 15) is 9.59 Å². The minimum absolute atomic E-state index is 0.0200. The molecule has 1 aromatic carbocycles. The van der Waals surface area contributed by atoms with Gasteiger partial charge in [-0.25, -0.2) is 0 Å². The van der Waals surface area contributed by atoms with E-state index in [0.29, 0.717) is 24.2 Å². The van der Waals surface area contributed by atoms with Crippen molar-refractivity contribution in [3.63, 3.8) is 0 Å². The molecule has 2 aromatic heterocycles. The first-order valence-corrected chi connectivity index (χ1v) is 8.83. The Morgan fingerprint density at radius 2 is 2.04 bits per heavy atom. The van der Waals surface area contributed by atoms with Crippen LogP contribution < -0.4 is 5.32 Å². The molecule has 134 valence electrons. The van der Waals surface area contributed by atoms with Crippen LogP contribution in [-0.2, 0) is 7.05 Å². The number of hydrogen-bond donors (Lipinski definition) is 2. The van der Waals surface area contributed by atoms with Crippen LogP contribution in [0.4, 0.5) is 0 Å². The molecule has 26 heavy (non-hydrogen) atoms. The summed E-state index contributed by atoms with van der Waals surface area (Å²) < 4.78 is 1.98. The maximum Gasteiger partial charge on any atom is 0.256 e. The van der Waals surface area contributed by atoms with Gasteiger partial charge in [0.2, 0.25) is 0 Å². The van der Waals surface area contributed by atoms with Gasteiger partial charge in [-0.2, -0.15) is 0 Å². The minimum Gasteiger partial charge on any atom is -0.365 e. The molecule has 6 nitrogen and oxygen atoms in total. The van der Waals surface area contributed by atoms with E-state index in [2.05, 4.69) is 10.3 Å². The fraction of sp³-hybridized carbons (Fsp3) is 0.300. The molecular weight excluding hydrogens is 328 g/mol. The standard InChI is InChI=1S/C20H22N4O2/c1-13-16(6-9-21-13)19(25)22-15-8-11-24(12-15)20(26)17-5-3-4-14-7-10-23(2)18(14)17/h3-7,9-10,15,21H,8,11-12H2,1-2H3,(H,22,25)/t15-/m1/s1. The number of amides is 2. The van der Waals surface area contributed by atoms with E-state index in [1.54, 1.807) is 12.3 Å². The van der Waals surface area contributed by atoms with E-state index in [1.807, 2.05) is 53.9 Å². The van der Waals surface area contributed by atoms with Crippen molar-refractivity contribution in [3.05, 3.63) is 59.5 Å². The Hall–Kier alpha value is -3.02. The fourth-order valence-corrected chi connectivity index (χ4v) is 3.72. The van der Waals surface area contributed by atoms with Crippen LogP contribution in [0, 0.1) is 6.92 Å². The molecule has 3 heterocycles. The number of aromatic amines is 1. The van der Waals surface area contributed by atoms with Crippen LogP contribution in [0.1, 0.15) is 32.8 Å². The number of hydrogen-bond acceptors (Lipinski definition) is 2. The lowest BCUT2D eigenvalue weighted by Crippen LogP contribution is -2.38. The van der Waals surface area contributed by atoms with Crippen molar-refractivity contribution < 1.29 is 9.59 Å². The van der Waals surface area contributed by atoms with Crippen LogP contribution in [0.5, 0.6) is 0 Å². The first kappa shape index (κ1) is 16.4. The predicted molar refractivity (Wildman–Crippen MR) is 100 cm³/mol. The molecule has 1 fully saturated rings. The maximum absolute atomic E-state index is 13.0. The van der Waals surface area contributed by atoms with Gasteiger partial charge in [-0.1, -0.05) is 12.1 Å². The number of carbonyl (C=O) groups excluding carboxylic acids is 2. The number of nitrogens with one attached hydrogen (secondary N) is 2. The molecular formula is C20H22N4O2. The average Bonchev–Trinajstić information content (AvgIpc) is 3.35. The fourth-order valence-electron chi connectivity index (χ4n) is 3.72. The molecule has 2 amide bonds. The second-order valence-corrected chi connectivity index (χ2v) is 6.90. The Bertz CT molecular complexity index is 985. The van der Waals surface area contributed by atoms with Crippen LogP contribution in [0.25, 0.3) is 10.9 Å². The average molecular weight is 350 g/mol. The van der Waals surface area contributed by atoms with Crippen LogP contribution in [0.15, 0.2) is 42.7 Å². The molecule has 0 unspecified atom stereocenters. The van der Waals surface area contributed by atoms with E-state index < -0.39 is 0 Å². The highest BCUT2D eigenvalue weighted by Crippen LogP contribution is 2.23. The third-order valence-electron chi connectivity index (χ3n) is 5.14. The number of aromatic nitrogens is 2. The zero-order chi connectivity index (χ0) is 18.3. The van der Waals surface area contributed by atoms with E-state index in [4.69, 9.17) is 0 Å². The summed E-state index contributed by atoms with van der Waals surface area (Å²) in [7, 11) is 1.95. The van der Waals surface area contributed by atoms with Crippen molar-refractivity contribution in [1.82, 2.24) is 19.8 Å². The summed E-state index contributed by atoms with van der Waals surface area (Å²) in [5.41, 5.74) is 3.17. The van der Waals surface area contributed by atoms with Crippen LogP contribution in [0.2, 0.25) is 0 Å². The van der Waals surface area contributed by atoms with Gasteiger partial charge in [-0.15, -0.1) is 0 Å². The number of fused-ring (bicyclic) bond motifs is 1. The molecule has 1 aliphatic rings. The van der Waals surface area contributed by atoms with Crippen molar-refractivity contribution in [3.8, 4) is 0 Å². The van der Waals surface area contributed by atoms with E-state index in [-0.39, 0.29) is 17.9 Å². The summed E-state index contributed by atoms with van der Waals surface area (Å²) in [6, 6.07) is 9.57. The third-order valence-corrected chi connectivity index (χ3v) is 5.14. The number of rotatable bonds is 3. The Balaban J connectivity index is 1.48. The topological polar surface area (TPSA) is 70.1 Å². The van der Waals surface area contributed by atoms with Crippen molar-refractivity contribution in [2.45, 2.75) is 19.4 Å². The Kier molecular flexibility index (Phi) is 4.03. The molecule has 1 atom stereocenters. The number of nitrogens with zero attached hydrogens (tertiary/aromatic N) is 2. The molecule has 2 N–H and O–H groups in total. The molecule has 0 saturated carbocycles. The van der Waals surface area contributed by atoms with Gasteiger partial charge in [0.15, 0.2) is 0 Å². The molecule has 0 spiro atoms. The summed E-state index contributed by atoms with van der Waals surface area (Å²) in [6.45, 7) is 3.06. The number of H-pyrrole nitrogens is 1. The highest BCUT2D eigenvalue weighted by molar-refractivity contribution is 6.06. The summed E-state index contributed by atoms with van der Waals surface area (Å²) >= 11 is 0. The second kappa shape index (κ2) is 6.37. The smallest absolute Gasteiger partial charge is 0.256 e. The normalized spacial score (nSPS) is 17.0. The maximum atomic E-state index is 13.0. The first-order valence-electron chi connectivity index (χ1n) is 8.83. The van der Waals surface area contributed by atoms with Gasteiger partial charge < -0.3 is 19.8 Å². The van der Waals surface area contributed by atoms with Crippen molar-refractivity contribution in [2.75, 3.05) is 13.1 Å². The van der Waals surface area contributed by atoms with E-state index >= 15 is 0 Å². The SMILES string of the molecule is Cc1[nH]ccc1C(=O)N[C@@H]1CCN(C(=O)c2cccc3ccn(C)c23)C1. The summed E-state index contributed by atoms with van der Waals surface area (Å²) in [6.07, 6.45) is 4.49. The number of aryl methyl sites for hydroxylation is 2. The van der Waals surface area contributed by atoms with Crippen LogP contribution in [0.3, 0.4) is 0 Å². The molecule has 4 rings (SSSR count). The minimum atomic E-state index is -0.0902. The van der Waals surface area contributed by atoms with Crippen molar-refractivity contribution in [2.24, 2.45) is 7.05 Å². The lowest BCUT2D eigenvalue weighted by molar-refractivity contribution is 0.0784. The van der Waals surface area contributed by atoms with Crippen molar-refractivity contribution in [1.29, 1.82) is 0 Å². The van der Waals surface area contributed by atoms with Gasteiger partial charge in [0.1, 0.15) is 0 Å².